The Balaban J connectivity index is 1.63. The Morgan fingerprint density at radius 1 is 1.04 bits per heavy atom. The summed E-state index contributed by atoms with van der Waals surface area (Å²) in [6.45, 7) is 0.641. The molecule has 3 rings (SSSR count). The molecular formula is C16H15FN4O2. The van der Waals surface area contributed by atoms with Crippen molar-refractivity contribution in [2.24, 2.45) is 0 Å². The van der Waals surface area contributed by atoms with Gasteiger partial charge in [-0.1, -0.05) is 12.1 Å². The van der Waals surface area contributed by atoms with E-state index in [2.05, 4.69) is 15.4 Å². The molecule has 1 heterocycles. The highest BCUT2D eigenvalue weighted by molar-refractivity contribution is 5.55. The van der Waals surface area contributed by atoms with Gasteiger partial charge in [-0.05, 0) is 47.2 Å². The Morgan fingerprint density at radius 3 is 2.48 bits per heavy atom. The molecule has 0 amide bonds. The highest BCUT2D eigenvalue weighted by Crippen LogP contribution is 2.19. The molecule has 0 aliphatic carbocycles. The van der Waals surface area contributed by atoms with E-state index < -0.39 is 0 Å². The molecule has 0 aliphatic heterocycles. The molecule has 1 N–H and O–H groups in total. The second-order valence-corrected chi connectivity index (χ2v) is 4.87. The second-order valence-electron chi connectivity index (χ2n) is 4.87. The maximum atomic E-state index is 12.8. The van der Waals surface area contributed by atoms with E-state index >= 15 is 0 Å². The third-order valence-corrected chi connectivity index (χ3v) is 3.18. The van der Waals surface area contributed by atoms with Crippen LogP contribution < -0.4 is 4.74 Å². The zero-order valence-electron chi connectivity index (χ0n) is 12.3. The highest BCUT2D eigenvalue weighted by atomic mass is 19.1. The van der Waals surface area contributed by atoms with Gasteiger partial charge >= 0.3 is 0 Å². The summed E-state index contributed by atoms with van der Waals surface area (Å²) in [5, 5.41) is 20.8. The van der Waals surface area contributed by atoms with Crippen molar-refractivity contribution < 1.29 is 14.2 Å². The third-order valence-electron chi connectivity index (χ3n) is 3.18. The van der Waals surface area contributed by atoms with Crippen molar-refractivity contribution in [3.63, 3.8) is 0 Å². The van der Waals surface area contributed by atoms with Gasteiger partial charge in [0.2, 0.25) is 5.82 Å². The zero-order valence-corrected chi connectivity index (χ0v) is 12.3. The molecule has 0 fully saturated rings. The van der Waals surface area contributed by atoms with Crippen LogP contribution in [0.5, 0.6) is 5.75 Å². The van der Waals surface area contributed by atoms with Crippen molar-refractivity contribution in [3.05, 3.63) is 59.9 Å². The SMILES string of the molecule is OCCn1nnc(-c2ccc(OCc3ccc(F)cc3)cc2)n1. The number of aliphatic hydroxyl groups is 1. The van der Waals surface area contributed by atoms with Gasteiger partial charge in [0.15, 0.2) is 0 Å². The van der Waals surface area contributed by atoms with Crippen LogP contribution in [0.1, 0.15) is 5.56 Å². The number of hydrogen-bond acceptors (Lipinski definition) is 5. The van der Waals surface area contributed by atoms with Crippen LogP contribution >= 0.6 is 0 Å². The van der Waals surface area contributed by atoms with E-state index in [9.17, 15) is 4.39 Å². The minimum Gasteiger partial charge on any atom is -0.489 e. The van der Waals surface area contributed by atoms with Crippen LogP contribution in [0.25, 0.3) is 11.4 Å². The van der Waals surface area contributed by atoms with Crippen LogP contribution in [0, 0.1) is 5.82 Å². The smallest absolute Gasteiger partial charge is 0.204 e. The molecule has 0 aliphatic rings. The largest absolute Gasteiger partial charge is 0.489 e. The first kappa shape index (κ1) is 15.1. The van der Waals surface area contributed by atoms with Crippen molar-refractivity contribution in [1.29, 1.82) is 0 Å². The molecule has 0 saturated heterocycles. The first-order valence-electron chi connectivity index (χ1n) is 7.11. The summed E-state index contributed by atoms with van der Waals surface area (Å²) in [5.41, 5.74) is 1.70. The number of ether oxygens (including phenoxy) is 1. The van der Waals surface area contributed by atoms with Crippen LogP contribution in [-0.2, 0) is 13.2 Å². The summed E-state index contributed by atoms with van der Waals surface area (Å²) in [4.78, 5) is 1.34. The fourth-order valence-corrected chi connectivity index (χ4v) is 1.99. The molecule has 3 aromatic rings. The fourth-order valence-electron chi connectivity index (χ4n) is 1.99. The molecule has 118 valence electrons. The van der Waals surface area contributed by atoms with Gasteiger partial charge in [-0.3, -0.25) is 0 Å². The lowest BCUT2D eigenvalue weighted by Crippen LogP contribution is -2.05. The lowest BCUT2D eigenvalue weighted by molar-refractivity contribution is 0.259. The number of hydrogen-bond donors (Lipinski definition) is 1. The predicted molar refractivity (Wildman–Crippen MR) is 81.1 cm³/mol. The third kappa shape index (κ3) is 3.89. The lowest BCUT2D eigenvalue weighted by Gasteiger charge is -2.06. The van der Waals surface area contributed by atoms with Crippen molar-refractivity contribution >= 4 is 0 Å². The quantitative estimate of drug-likeness (QED) is 0.754. The Kier molecular flexibility index (Phi) is 4.58. The van der Waals surface area contributed by atoms with Gasteiger partial charge in [-0.15, -0.1) is 10.2 Å². The van der Waals surface area contributed by atoms with Crippen LogP contribution in [0.15, 0.2) is 48.5 Å². The standard InChI is InChI=1S/C16H15FN4O2/c17-14-5-1-12(2-6-14)11-23-15-7-3-13(4-8-15)16-18-20-21(19-16)9-10-22/h1-8,22H,9-11H2. The Hall–Kier alpha value is -2.80. The molecule has 0 radical (unpaired) electrons. The molecule has 6 nitrogen and oxygen atoms in total. The van der Waals surface area contributed by atoms with Crippen LogP contribution in [0.4, 0.5) is 4.39 Å². The average molecular weight is 314 g/mol. The number of nitrogens with zero attached hydrogens (tertiary/aromatic N) is 4. The number of benzene rings is 2. The monoisotopic (exact) mass is 314 g/mol. The molecule has 0 unspecified atom stereocenters. The Bertz CT molecular complexity index is 757. The van der Waals surface area contributed by atoms with Gasteiger partial charge in [0.1, 0.15) is 18.2 Å². The zero-order chi connectivity index (χ0) is 16.1. The Labute approximate surface area is 132 Å². The van der Waals surface area contributed by atoms with Gasteiger partial charge in [0.25, 0.3) is 0 Å². The molecule has 0 bridgehead atoms. The molecule has 2 aromatic carbocycles. The maximum absolute atomic E-state index is 12.8. The molecule has 7 heteroatoms. The number of rotatable bonds is 6. The number of halogens is 1. The van der Waals surface area contributed by atoms with Crippen molar-refractivity contribution in [2.45, 2.75) is 13.2 Å². The molecule has 0 atom stereocenters. The first-order valence-corrected chi connectivity index (χ1v) is 7.11. The molecular weight excluding hydrogens is 299 g/mol. The number of aromatic nitrogens is 4. The summed E-state index contributed by atoms with van der Waals surface area (Å²) >= 11 is 0. The normalized spacial score (nSPS) is 10.7. The molecule has 1 aromatic heterocycles. The molecule has 0 spiro atoms. The number of aliphatic hydroxyl groups excluding tert-OH is 1. The summed E-state index contributed by atoms with van der Waals surface area (Å²) < 4.78 is 18.5. The second kappa shape index (κ2) is 6.97. The van der Waals surface area contributed by atoms with E-state index in [1.165, 1.54) is 16.9 Å². The lowest BCUT2D eigenvalue weighted by atomic mass is 10.2. The number of tetrazole rings is 1. The van der Waals surface area contributed by atoms with Crippen LogP contribution in [0.2, 0.25) is 0 Å². The highest BCUT2D eigenvalue weighted by Gasteiger charge is 2.06. The van der Waals surface area contributed by atoms with Gasteiger partial charge in [0, 0.05) is 5.56 Å². The van der Waals surface area contributed by atoms with Crippen LogP contribution in [0.3, 0.4) is 0 Å². The van der Waals surface area contributed by atoms with Crippen molar-refractivity contribution in [3.8, 4) is 17.1 Å². The first-order chi connectivity index (χ1) is 11.2. The maximum Gasteiger partial charge on any atom is 0.204 e. The summed E-state index contributed by atoms with van der Waals surface area (Å²) in [7, 11) is 0. The van der Waals surface area contributed by atoms with Crippen molar-refractivity contribution in [2.75, 3.05) is 6.61 Å². The minimum atomic E-state index is -0.264. The topological polar surface area (TPSA) is 73.1 Å². The van der Waals surface area contributed by atoms with E-state index in [1.807, 2.05) is 24.3 Å². The van der Waals surface area contributed by atoms with E-state index in [1.54, 1.807) is 12.1 Å². The van der Waals surface area contributed by atoms with E-state index in [-0.39, 0.29) is 12.4 Å². The van der Waals surface area contributed by atoms with E-state index in [0.717, 1.165) is 11.1 Å². The van der Waals surface area contributed by atoms with Gasteiger partial charge in [0.05, 0.1) is 13.2 Å². The summed E-state index contributed by atoms with van der Waals surface area (Å²) in [5.74, 6) is 0.921. The van der Waals surface area contributed by atoms with Crippen molar-refractivity contribution in [1.82, 2.24) is 20.2 Å². The van der Waals surface area contributed by atoms with E-state index in [0.29, 0.717) is 24.7 Å². The summed E-state index contributed by atoms with van der Waals surface area (Å²) in [6.07, 6.45) is 0. The molecule has 0 saturated carbocycles. The van der Waals surface area contributed by atoms with Gasteiger partial charge in [-0.25, -0.2) is 4.39 Å². The fraction of sp³-hybridized carbons (Fsp3) is 0.188. The van der Waals surface area contributed by atoms with Crippen LogP contribution in [-0.4, -0.2) is 31.9 Å². The van der Waals surface area contributed by atoms with E-state index in [4.69, 9.17) is 9.84 Å². The average Bonchev–Trinajstić information content (AvgIpc) is 3.04. The minimum absolute atomic E-state index is 0.0358. The predicted octanol–water partition coefficient (Wildman–Crippen LogP) is 2.05. The van der Waals surface area contributed by atoms with Gasteiger partial charge < -0.3 is 9.84 Å². The van der Waals surface area contributed by atoms with Gasteiger partial charge in [-0.2, -0.15) is 4.80 Å². The summed E-state index contributed by atoms with van der Waals surface area (Å²) in [6, 6.07) is 13.5. The molecule has 23 heavy (non-hydrogen) atoms. The Morgan fingerprint density at radius 2 is 1.78 bits per heavy atom.